The van der Waals surface area contributed by atoms with E-state index in [1.165, 1.54) is 0 Å². The van der Waals surface area contributed by atoms with Crippen molar-refractivity contribution in [2.75, 3.05) is 13.2 Å². The Balaban J connectivity index is 1.83. The molecule has 0 saturated carbocycles. The summed E-state index contributed by atoms with van der Waals surface area (Å²) in [4.78, 5) is 4.30. The second-order valence-electron chi connectivity index (χ2n) is 4.09. The van der Waals surface area contributed by atoms with Crippen molar-refractivity contribution >= 4 is 22.7 Å². The lowest BCUT2D eigenvalue weighted by Gasteiger charge is -1.95. The Labute approximate surface area is 118 Å². The summed E-state index contributed by atoms with van der Waals surface area (Å²) in [6.07, 6.45) is 0. The number of oxazole rings is 1. The lowest BCUT2D eigenvalue weighted by Crippen LogP contribution is -1.98. The van der Waals surface area contributed by atoms with Crippen molar-refractivity contribution in [2.45, 2.75) is 6.61 Å². The highest BCUT2D eigenvalue weighted by Crippen LogP contribution is 2.26. The number of rotatable bonds is 5. The van der Waals surface area contributed by atoms with Gasteiger partial charge < -0.3 is 18.8 Å². The van der Waals surface area contributed by atoms with Crippen LogP contribution in [0.25, 0.3) is 22.7 Å². The van der Waals surface area contributed by atoms with E-state index in [9.17, 15) is 0 Å². The summed E-state index contributed by atoms with van der Waals surface area (Å²) in [6, 6.07) is 6.88. The van der Waals surface area contributed by atoms with Crippen LogP contribution < -0.4 is 0 Å². The van der Waals surface area contributed by atoms with E-state index >= 15 is 0 Å². The van der Waals surface area contributed by atoms with Crippen LogP contribution in [-0.4, -0.2) is 28.5 Å². The molecule has 0 spiro atoms. The highest BCUT2D eigenvalue weighted by atomic mass is 35.5. The molecule has 0 radical (unpaired) electrons. The Hall–Kier alpha value is -1.89. The smallest absolute Gasteiger partial charge is 0.249 e. The predicted octanol–water partition coefficient (Wildman–Crippen LogP) is 2.65. The zero-order valence-corrected chi connectivity index (χ0v) is 11.1. The van der Waals surface area contributed by atoms with Gasteiger partial charge in [-0.1, -0.05) is 16.8 Å². The second kappa shape index (κ2) is 5.62. The first-order valence-corrected chi connectivity index (χ1v) is 6.35. The number of hydrogen-bond donors (Lipinski definition) is 1. The molecule has 6 nitrogen and oxygen atoms in total. The van der Waals surface area contributed by atoms with Gasteiger partial charge >= 0.3 is 0 Å². The molecule has 2 aromatic heterocycles. The topological polar surface area (TPSA) is 81.5 Å². The standard InChI is InChI=1S/C13H11ClN2O4/c14-8-1-2-12-10(5-8)15-13(19-12)11-6-9(20-16-11)7-18-4-3-17/h1-2,5-6,17H,3-4,7H2. The summed E-state index contributed by atoms with van der Waals surface area (Å²) in [5, 5.41) is 13.1. The molecule has 2 heterocycles. The van der Waals surface area contributed by atoms with E-state index in [1.807, 2.05) is 0 Å². The quantitative estimate of drug-likeness (QED) is 0.729. The van der Waals surface area contributed by atoms with Gasteiger partial charge in [-0.25, -0.2) is 4.98 Å². The minimum Gasteiger partial charge on any atom is -0.435 e. The van der Waals surface area contributed by atoms with Gasteiger partial charge in [-0.3, -0.25) is 0 Å². The Morgan fingerprint density at radius 1 is 1.30 bits per heavy atom. The SMILES string of the molecule is OCCOCc1cc(-c2nc3cc(Cl)ccc3o2)no1. The van der Waals surface area contributed by atoms with Crippen LogP contribution in [0.2, 0.25) is 5.02 Å². The molecular formula is C13H11ClN2O4. The van der Waals surface area contributed by atoms with E-state index in [1.54, 1.807) is 24.3 Å². The van der Waals surface area contributed by atoms with Crippen molar-refractivity contribution in [2.24, 2.45) is 0 Å². The molecule has 0 atom stereocenters. The number of nitrogens with zero attached hydrogens (tertiary/aromatic N) is 2. The van der Waals surface area contributed by atoms with Crippen molar-refractivity contribution < 1.29 is 18.8 Å². The van der Waals surface area contributed by atoms with Crippen molar-refractivity contribution in [1.82, 2.24) is 10.1 Å². The Morgan fingerprint density at radius 2 is 2.20 bits per heavy atom. The van der Waals surface area contributed by atoms with Crippen LogP contribution in [0.15, 0.2) is 33.2 Å². The number of aliphatic hydroxyl groups excluding tert-OH is 1. The molecule has 3 aromatic rings. The second-order valence-corrected chi connectivity index (χ2v) is 4.52. The molecule has 0 amide bonds. The van der Waals surface area contributed by atoms with Crippen LogP contribution in [0.4, 0.5) is 0 Å². The lowest BCUT2D eigenvalue weighted by molar-refractivity contribution is 0.0683. The van der Waals surface area contributed by atoms with E-state index in [0.717, 1.165) is 0 Å². The minimum absolute atomic E-state index is 0.0348. The van der Waals surface area contributed by atoms with Gasteiger partial charge in [0.1, 0.15) is 12.1 Å². The van der Waals surface area contributed by atoms with E-state index in [2.05, 4.69) is 10.1 Å². The summed E-state index contributed by atoms with van der Waals surface area (Å²) in [5.74, 6) is 0.896. The average Bonchev–Trinajstić information content (AvgIpc) is 3.04. The van der Waals surface area contributed by atoms with E-state index in [-0.39, 0.29) is 19.8 Å². The first kappa shape index (κ1) is 13.1. The Kier molecular flexibility index (Phi) is 3.68. The summed E-state index contributed by atoms with van der Waals surface area (Å²) in [6.45, 7) is 0.448. The predicted molar refractivity (Wildman–Crippen MR) is 71.3 cm³/mol. The zero-order valence-electron chi connectivity index (χ0n) is 10.4. The van der Waals surface area contributed by atoms with E-state index in [4.69, 9.17) is 30.4 Å². The molecule has 0 bridgehead atoms. The van der Waals surface area contributed by atoms with Crippen LogP contribution >= 0.6 is 11.6 Å². The van der Waals surface area contributed by atoms with E-state index in [0.29, 0.717) is 33.5 Å². The Bertz CT molecular complexity index is 722. The first-order chi connectivity index (χ1) is 9.76. The van der Waals surface area contributed by atoms with Gasteiger partial charge in [0.2, 0.25) is 5.89 Å². The fraction of sp³-hybridized carbons (Fsp3) is 0.231. The molecule has 1 N–H and O–H groups in total. The van der Waals surface area contributed by atoms with Crippen molar-refractivity contribution in [3.63, 3.8) is 0 Å². The third kappa shape index (κ3) is 2.67. The zero-order chi connectivity index (χ0) is 13.9. The molecule has 0 aliphatic carbocycles. The number of aromatic nitrogens is 2. The number of fused-ring (bicyclic) bond motifs is 1. The van der Waals surface area contributed by atoms with Gasteiger partial charge in [0.15, 0.2) is 17.0 Å². The largest absolute Gasteiger partial charge is 0.435 e. The van der Waals surface area contributed by atoms with Crippen LogP contribution in [-0.2, 0) is 11.3 Å². The van der Waals surface area contributed by atoms with E-state index < -0.39 is 0 Å². The molecule has 20 heavy (non-hydrogen) atoms. The van der Waals surface area contributed by atoms with Crippen LogP contribution in [0.5, 0.6) is 0 Å². The van der Waals surface area contributed by atoms with Crippen LogP contribution in [0, 0.1) is 0 Å². The molecule has 0 unspecified atom stereocenters. The maximum Gasteiger partial charge on any atom is 0.249 e. The van der Waals surface area contributed by atoms with Crippen molar-refractivity contribution in [1.29, 1.82) is 0 Å². The molecular weight excluding hydrogens is 284 g/mol. The van der Waals surface area contributed by atoms with Crippen LogP contribution in [0.1, 0.15) is 5.76 Å². The monoisotopic (exact) mass is 294 g/mol. The number of ether oxygens (including phenoxy) is 1. The van der Waals surface area contributed by atoms with Crippen molar-refractivity contribution in [3.8, 4) is 11.6 Å². The minimum atomic E-state index is -0.0348. The van der Waals surface area contributed by atoms with Gasteiger partial charge in [0, 0.05) is 11.1 Å². The molecule has 7 heteroatoms. The molecule has 0 aliphatic heterocycles. The molecule has 1 aromatic carbocycles. The number of halogens is 1. The third-order valence-electron chi connectivity index (χ3n) is 2.61. The summed E-state index contributed by atoms with van der Waals surface area (Å²) in [7, 11) is 0. The van der Waals surface area contributed by atoms with Gasteiger partial charge in [0.05, 0.1) is 13.2 Å². The molecule has 0 fully saturated rings. The maximum atomic E-state index is 8.62. The molecule has 3 rings (SSSR count). The van der Waals surface area contributed by atoms with Gasteiger partial charge in [-0.2, -0.15) is 0 Å². The first-order valence-electron chi connectivity index (χ1n) is 5.97. The highest BCUT2D eigenvalue weighted by molar-refractivity contribution is 6.31. The number of aliphatic hydroxyl groups is 1. The number of hydrogen-bond acceptors (Lipinski definition) is 6. The lowest BCUT2D eigenvalue weighted by atomic mass is 10.3. The van der Waals surface area contributed by atoms with Crippen LogP contribution in [0.3, 0.4) is 0 Å². The Morgan fingerprint density at radius 3 is 3.05 bits per heavy atom. The van der Waals surface area contributed by atoms with Gasteiger partial charge in [0.25, 0.3) is 0 Å². The third-order valence-corrected chi connectivity index (χ3v) is 2.84. The summed E-state index contributed by atoms with van der Waals surface area (Å²) in [5.41, 5.74) is 1.78. The highest BCUT2D eigenvalue weighted by Gasteiger charge is 2.13. The van der Waals surface area contributed by atoms with Gasteiger partial charge in [-0.05, 0) is 18.2 Å². The average molecular weight is 295 g/mol. The van der Waals surface area contributed by atoms with Gasteiger partial charge in [-0.15, -0.1) is 0 Å². The summed E-state index contributed by atoms with van der Waals surface area (Å²) >= 11 is 5.90. The van der Waals surface area contributed by atoms with Crippen molar-refractivity contribution in [3.05, 3.63) is 35.0 Å². The maximum absolute atomic E-state index is 8.62. The normalized spacial score (nSPS) is 11.3. The fourth-order valence-electron chi connectivity index (χ4n) is 1.73. The number of benzene rings is 1. The fourth-order valence-corrected chi connectivity index (χ4v) is 1.90. The molecule has 0 saturated heterocycles. The molecule has 0 aliphatic rings. The molecule has 104 valence electrons. The summed E-state index contributed by atoms with van der Waals surface area (Å²) < 4.78 is 15.8.